The molecule has 0 fully saturated rings. The van der Waals surface area contributed by atoms with Crippen molar-refractivity contribution in [2.24, 2.45) is 11.5 Å². The van der Waals surface area contributed by atoms with Gasteiger partial charge < -0.3 is 41.3 Å². The van der Waals surface area contributed by atoms with Gasteiger partial charge in [-0.2, -0.15) is 26.3 Å². The number of amides is 1. The Kier molecular flexibility index (Phi) is 90.8. The van der Waals surface area contributed by atoms with E-state index in [4.69, 9.17) is 76.4 Å². The van der Waals surface area contributed by atoms with Crippen molar-refractivity contribution in [1.29, 1.82) is 26.3 Å². The summed E-state index contributed by atoms with van der Waals surface area (Å²) in [6, 6.07) is 45.2. The molecule has 8 aromatic carbocycles. The molecule has 663 valence electrons. The Morgan fingerprint density at radius 3 is 1.00 bits per heavy atom. The van der Waals surface area contributed by atoms with E-state index in [2.05, 4.69) is 102 Å². The number of carbonyl (C=O) groups excluding carboxylic acids is 2. The molecule has 0 saturated heterocycles. The number of rotatable bonds is 12. The fourth-order valence-electron chi connectivity index (χ4n) is 7.38. The van der Waals surface area contributed by atoms with Crippen molar-refractivity contribution in [3.63, 3.8) is 0 Å². The SMILES string of the molecule is C.C.C.C#C.C#C.C#CC(C)(C)O.C#Cc1ccc(C#N)c(F)c1.C#Cc1ccc(C#N)c(F)c1.CC.CC(C)(O)C#Cc1ccc(C#N)c(F)c1.CCOC(C)=O.CCOCC.CCc1ccc(C#N)c(F)c1.CCc1ccc(CN)c(F)c1.CCc1ccc(CN)c(F)c1.N#Cc1ccc(Br)cc1F.[2H][2H].[B][B].[C-]#[N+]CC(=O)NCc1ccc(CC)cc1F.[Ta]. The average Bonchev–Trinajstić information content (AvgIpc) is 0.907. The van der Waals surface area contributed by atoms with Gasteiger partial charge in [0.15, 0.2) is 0 Å². The van der Waals surface area contributed by atoms with Crippen LogP contribution in [0.1, 0.15) is 206 Å². The first-order valence-corrected chi connectivity index (χ1v) is 37.3. The third-order valence-electron chi connectivity index (χ3n) is 13.6. The standard InChI is InChI=1S/C12H13FN2O.C12H10FNO.2C9H12FN.C9H8FN.2C9H4FN.C7H3BrFN.C5H8O.C4H8O2.C4H10O.C2H6.2C2H2.3CH4.B2.Ta.H2/c1-3-9-4-5-10(11(13)6-9)7-15-12(16)8-14-2;1-12(2,15)6-5-9-3-4-10(8-14)11(13)7-9;5*1-2-7-3-4-8(6-11)9(10)5-7;8-6-2-1-5(4-10)7(9)3-6;1-4-5(2,3)6;1-3-6-4(2)5;1-3-5-4-2;3*1-2;;;;1-2;;/h4-6H,3,7-8H2,1H3,(H,15,16);3-4,7,15H,1-2H3;2*3-5H,2,6,11H2,1H3;3-5H,2H2,1H3;2*1,3-5H;1-3H;1,6H,2-3H3;3H2,1-2H3;3-4H2,1-2H3;1-2H3;2*1-2H;3*1H4;;;1H/i;;;;;;;;;;;;;;;;;;;1+1D. The maximum absolute atomic E-state index is 13.5. The first-order chi connectivity index (χ1) is 58.4. The molecule has 0 bridgehead atoms. The van der Waals surface area contributed by atoms with Crippen LogP contribution in [0.4, 0.5) is 35.1 Å². The quantitative estimate of drug-likeness (QED) is 0.0250. The Balaban J connectivity index is -0.000000114. The summed E-state index contributed by atoms with van der Waals surface area (Å²) < 4.78 is 123. The minimum atomic E-state index is -1.11. The molecule has 0 saturated carbocycles. The van der Waals surface area contributed by atoms with Crippen molar-refractivity contribution < 1.29 is 89.7 Å². The molecule has 15 nitrogen and oxygen atoms in total. The molecule has 125 heavy (non-hydrogen) atoms. The van der Waals surface area contributed by atoms with E-state index in [-0.39, 0.29) is 128 Å². The van der Waals surface area contributed by atoms with Crippen LogP contribution >= 0.6 is 15.9 Å². The molecule has 5 radical (unpaired) electrons. The largest absolute Gasteiger partial charge is 0.466 e. The van der Waals surface area contributed by atoms with E-state index in [1.807, 2.05) is 73.6 Å². The fourth-order valence-corrected chi connectivity index (χ4v) is 7.72. The van der Waals surface area contributed by atoms with Gasteiger partial charge in [0.2, 0.25) is 0 Å². The number of terminal acetylenes is 5. The Morgan fingerprint density at radius 1 is 0.496 bits per heavy atom. The third-order valence-corrected chi connectivity index (χ3v) is 14.0. The van der Waals surface area contributed by atoms with Crippen molar-refractivity contribution in [1.82, 2.24) is 5.32 Å². The van der Waals surface area contributed by atoms with Crippen LogP contribution in [0.25, 0.3) is 4.85 Å². The summed E-state index contributed by atoms with van der Waals surface area (Å²) in [5, 5.41) is 62.3. The van der Waals surface area contributed by atoms with E-state index in [1.54, 1.807) is 113 Å². The van der Waals surface area contributed by atoms with Gasteiger partial charge in [0.05, 0.1) is 34.4 Å². The minimum absolute atomic E-state index is 0. The van der Waals surface area contributed by atoms with Crippen molar-refractivity contribution in [3.8, 4) is 105 Å². The second-order valence-corrected chi connectivity index (χ2v) is 24.2. The molecular formula is C98H116B2BrF8N9O6Ta. The summed E-state index contributed by atoms with van der Waals surface area (Å²) in [6.45, 7) is 34.4. The first kappa shape index (κ1) is 133. The molecule has 0 aliphatic carbocycles. The number of halogens is 9. The third kappa shape index (κ3) is 68.8. The summed E-state index contributed by atoms with van der Waals surface area (Å²) in [5.74, 6) is 7.96. The normalized spacial score (nSPS) is 8.56. The van der Waals surface area contributed by atoms with E-state index in [9.17, 15) is 49.8 Å². The number of ether oxygens (including phenoxy) is 2. The summed E-state index contributed by atoms with van der Waals surface area (Å²) in [7, 11) is 8.00. The van der Waals surface area contributed by atoms with Crippen LogP contribution in [0, 0.1) is 184 Å². The van der Waals surface area contributed by atoms with Crippen molar-refractivity contribution in [2.45, 2.75) is 176 Å². The summed E-state index contributed by atoms with van der Waals surface area (Å²) in [4.78, 5) is 23.8. The smallest absolute Gasteiger partial charge is 0.302 e. The number of aliphatic hydroxyl groups is 2. The first-order valence-electron chi connectivity index (χ1n) is 37.5. The maximum atomic E-state index is 13.5. The molecule has 1 amide bonds. The second-order valence-electron chi connectivity index (χ2n) is 23.3. The number of esters is 1. The maximum Gasteiger partial charge on any atom is 0.302 e. The molecule has 0 atom stereocenters. The minimum Gasteiger partial charge on any atom is -0.466 e. The number of hydrogen-bond donors (Lipinski definition) is 5. The van der Waals surface area contributed by atoms with E-state index in [0.717, 1.165) is 61.2 Å². The molecular weight excluding hydrogens is 1830 g/mol. The zero-order valence-electron chi connectivity index (χ0n) is 73.0. The molecule has 0 spiro atoms. The van der Waals surface area contributed by atoms with E-state index in [1.165, 1.54) is 85.8 Å². The molecule has 0 aliphatic rings. The van der Waals surface area contributed by atoms with E-state index >= 15 is 0 Å². The van der Waals surface area contributed by atoms with Crippen LogP contribution in [0.2, 0.25) is 0 Å². The zero-order valence-corrected chi connectivity index (χ0v) is 75.8. The van der Waals surface area contributed by atoms with Crippen LogP contribution in [-0.4, -0.2) is 75.1 Å². The molecule has 7 N–H and O–H groups in total. The molecule has 0 aliphatic heterocycles. The van der Waals surface area contributed by atoms with Crippen LogP contribution in [0.3, 0.4) is 0 Å². The molecule has 27 heteroatoms. The topological polar surface area (TPSA) is 280 Å². The predicted molar refractivity (Wildman–Crippen MR) is 493 cm³/mol. The van der Waals surface area contributed by atoms with Crippen LogP contribution in [0.5, 0.6) is 0 Å². The monoisotopic (exact) mass is 1950 g/mol. The fraction of sp³-hybridized carbons (Fsp3) is 0.306. The van der Waals surface area contributed by atoms with Gasteiger partial charge in [0.1, 0.15) is 88.1 Å². The molecule has 0 aromatic heterocycles. The van der Waals surface area contributed by atoms with Gasteiger partial charge in [-0.25, -0.2) is 41.7 Å². The number of nitrogens with two attached hydrogens (primary N) is 2. The van der Waals surface area contributed by atoms with Gasteiger partial charge in [-0.1, -0.05) is 152 Å². The van der Waals surface area contributed by atoms with Gasteiger partial charge >= 0.3 is 5.97 Å². The zero-order chi connectivity index (χ0) is 96.7. The Hall–Kier alpha value is -12.4. The number of nitriles is 5. The molecule has 0 unspecified atom stereocenters. The number of carbonyl (C=O) groups is 2. The molecule has 8 aromatic rings. The van der Waals surface area contributed by atoms with Crippen molar-refractivity contribution >= 4 is 43.3 Å². The Labute approximate surface area is 769 Å². The van der Waals surface area contributed by atoms with Gasteiger partial charge in [-0.05, 0) is 200 Å². The molecule has 0 heterocycles. The molecule has 8 rings (SSSR count). The van der Waals surface area contributed by atoms with Crippen molar-refractivity contribution in [3.05, 3.63) is 291 Å². The summed E-state index contributed by atoms with van der Waals surface area (Å²) in [5.41, 5.74) is 15.6. The van der Waals surface area contributed by atoms with Gasteiger partial charge in [0, 0.05) is 118 Å². The van der Waals surface area contributed by atoms with E-state index in [0.29, 0.717) is 44.5 Å². The van der Waals surface area contributed by atoms with Gasteiger partial charge in [-0.15, -0.1) is 45.0 Å². The van der Waals surface area contributed by atoms with E-state index < -0.39 is 40.3 Å². The number of aryl methyl sites for hydroxylation is 4. The summed E-state index contributed by atoms with van der Waals surface area (Å²) >= 11 is 3.08. The van der Waals surface area contributed by atoms with Crippen LogP contribution in [-0.2, 0) is 86.8 Å². The average molecular weight is 1950 g/mol. The Bertz CT molecular complexity index is 4790. The number of nitrogens with one attached hydrogen (secondary N) is 1. The van der Waals surface area contributed by atoms with Gasteiger partial charge in [-0.3, -0.25) is 9.59 Å². The predicted octanol–water partition coefficient (Wildman–Crippen LogP) is 20.4. The number of benzene rings is 8. The van der Waals surface area contributed by atoms with Crippen molar-refractivity contribution in [2.75, 3.05) is 26.4 Å². The second kappa shape index (κ2) is 85.2. The number of nitrogens with zero attached hydrogens (tertiary/aromatic N) is 6. The number of hydrogen-bond acceptors (Lipinski definition) is 13. The summed E-state index contributed by atoms with van der Waals surface area (Å²) in [6.07, 6.45) is 34.1. The van der Waals surface area contributed by atoms with Crippen LogP contribution in [0.15, 0.2) is 150 Å². The Morgan fingerprint density at radius 2 is 0.776 bits per heavy atom. The van der Waals surface area contributed by atoms with Gasteiger partial charge in [0.25, 0.3) is 12.5 Å². The van der Waals surface area contributed by atoms with Crippen LogP contribution < -0.4 is 16.8 Å².